The maximum Gasteiger partial charge on any atom is 0.495 e. The monoisotopic (exact) mass is 1150 g/mol. The number of aromatic nitrogens is 9. The molecular weight excluding hydrogens is 1090 g/mol. The number of nitriles is 2. The topological polar surface area (TPSA) is 249 Å². The van der Waals surface area contributed by atoms with Gasteiger partial charge in [0.25, 0.3) is 11.8 Å². The number of halogens is 1. The fraction of sp³-hybridized carbons (Fsp3) is 0.393. The lowest BCUT2D eigenvalue weighted by molar-refractivity contribution is 0.00578. The molecule has 0 bridgehead atoms. The van der Waals surface area contributed by atoms with Crippen LogP contribution in [-0.4, -0.2) is 127 Å². The molecule has 2 N–H and O–H groups in total. The summed E-state index contributed by atoms with van der Waals surface area (Å²) >= 11 is 5.96. The Kier molecular flexibility index (Phi) is 17.5. The molecule has 0 saturated carbocycles. The van der Waals surface area contributed by atoms with E-state index < -0.39 is 29.2 Å². The average molecular weight is 1150 g/mol. The van der Waals surface area contributed by atoms with Gasteiger partial charge >= 0.3 is 7.12 Å². The number of ether oxygens (including phenoxy) is 2. The molecule has 3 aliphatic rings. The first-order valence-electron chi connectivity index (χ1n) is 27.7. The van der Waals surface area contributed by atoms with Gasteiger partial charge in [0, 0.05) is 86.9 Å². The van der Waals surface area contributed by atoms with Crippen LogP contribution in [-0.2, 0) is 43.7 Å². The molecule has 0 spiro atoms. The number of aryl methyl sites for hydroxylation is 4. The van der Waals surface area contributed by atoms with E-state index in [9.17, 15) is 20.1 Å². The van der Waals surface area contributed by atoms with Gasteiger partial charge in [-0.2, -0.15) is 20.6 Å². The highest BCUT2D eigenvalue weighted by Gasteiger charge is 2.52. The summed E-state index contributed by atoms with van der Waals surface area (Å²) in [4.78, 5) is 57.2. The lowest BCUT2D eigenvalue weighted by atomic mass is 9.76. The van der Waals surface area contributed by atoms with Crippen LogP contribution in [0, 0.1) is 36.5 Å². The number of amides is 2. The van der Waals surface area contributed by atoms with Crippen LogP contribution in [0.25, 0.3) is 33.5 Å². The number of rotatable bonds is 10. The Morgan fingerprint density at radius 2 is 1.17 bits per heavy atom. The smallest absolute Gasteiger partial charge is 0.399 e. The Hall–Kier alpha value is -8.38. The van der Waals surface area contributed by atoms with E-state index in [0.717, 1.165) is 95.2 Å². The van der Waals surface area contributed by atoms with E-state index in [1.165, 1.54) is 0 Å². The number of morpholine rings is 2. The third-order valence-electron chi connectivity index (χ3n) is 15.5. The fourth-order valence-electron chi connectivity index (χ4n) is 9.55. The van der Waals surface area contributed by atoms with Crippen molar-refractivity contribution in [3.63, 3.8) is 0 Å². The van der Waals surface area contributed by atoms with Gasteiger partial charge in [0.15, 0.2) is 17.5 Å². The van der Waals surface area contributed by atoms with Crippen molar-refractivity contribution < 1.29 is 28.4 Å². The summed E-state index contributed by atoms with van der Waals surface area (Å²) in [6.07, 6.45) is 6.82. The molecule has 0 aliphatic carbocycles. The minimum atomic E-state index is -0.798. The standard InChI is InChI=1S/C27H28N8O2.C23H28BN3O3.C11H13ClN4O/c1-17-5-6-19(31-26(36)18-7-8-29-22(13-18)27(2,3)16-28)14-20(17)24-32-21-15-30-34(4)23(21)25(33-24)35-9-11-37-12-10-35;1-15-8-9-17(13-18(15)24-29-22(4,5)23(6,7)30-24)27-20(28)16-10-11-26-19(12-16)21(2,3)14-25;1-15-3-2-8-9(15)10(14-11(12)13-8)16-4-6-17-7-5-16/h5-8,13-15H,9-12H2,1-4H3,(H,31,36);8-13H,1-7H3,(H,27,28);2-3H,4-7H2,1H3. The van der Waals surface area contributed by atoms with Gasteiger partial charge in [-0.05, 0) is 146 Å². The van der Waals surface area contributed by atoms with Crippen LogP contribution in [0.2, 0.25) is 5.28 Å². The van der Waals surface area contributed by atoms with E-state index in [1.807, 2.05) is 109 Å². The first-order chi connectivity index (χ1) is 39.9. The fourth-order valence-corrected chi connectivity index (χ4v) is 9.72. The molecule has 3 fully saturated rings. The molecule has 3 aliphatic heterocycles. The second-order valence-corrected chi connectivity index (χ2v) is 23.3. The first kappa shape index (κ1) is 60.2. The quantitative estimate of drug-likeness (QED) is 0.0958. The molecular formula is C61H69BClN15O6. The SMILES string of the molecule is Cc1ccc(NC(=O)c2ccnc(C(C)(C)C#N)c2)cc1-c1nc(N2CCOCC2)c2c(cnn2C)n1.Cc1ccc(NC(=O)c2ccnc(C(C)(C)C#N)c2)cc1B1OC(C)(C)C(C)(C)O1.Cn1ccc2nc(Cl)nc(N3CCOCC3)c21. The zero-order chi connectivity index (χ0) is 60.3. The summed E-state index contributed by atoms with van der Waals surface area (Å²) in [5, 5.41) is 29.4. The van der Waals surface area contributed by atoms with E-state index in [4.69, 9.17) is 40.4 Å². The number of nitrogens with zero attached hydrogens (tertiary/aromatic N) is 13. The van der Waals surface area contributed by atoms with Gasteiger partial charge < -0.3 is 43.8 Å². The average Bonchev–Trinajstić information content (AvgIpc) is 2.83. The summed E-state index contributed by atoms with van der Waals surface area (Å²) in [6.45, 7) is 25.0. The lowest BCUT2D eigenvalue weighted by Crippen LogP contribution is -2.41. The normalized spacial score (nSPS) is 15.8. The van der Waals surface area contributed by atoms with E-state index in [1.54, 1.807) is 75.2 Å². The molecule has 2 aromatic carbocycles. The Balaban J connectivity index is 0.000000161. The van der Waals surface area contributed by atoms with Crippen LogP contribution in [0.1, 0.15) is 98.6 Å². The molecule has 3 saturated heterocycles. The number of hydrogen-bond acceptors (Lipinski definition) is 17. The van der Waals surface area contributed by atoms with Gasteiger partial charge in [0.1, 0.15) is 16.6 Å². The van der Waals surface area contributed by atoms with Crippen molar-refractivity contribution in [2.45, 2.75) is 91.3 Å². The van der Waals surface area contributed by atoms with E-state index in [-0.39, 0.29) is 11.8 Å². The number of benzene rings is 2. The molecule has 434 valence electrons. The van der Waals surface area contributed by atoms with E-state index >= 15 is 0 Å². The molecule has 84 heavy (non-hydrogen) atoms. The zero-order valence-electron chi connectivity index (χ0n) is 49.5. The second kappa shape index (κ2) is 24.5. The summed E-state index contributed by atoms with van der Waals surface area (Å²) in [5.74, 6) is 1.73. The van der Waals surface area contributed by atoms with Gasteiger partial charge in [0.05, 0.1) is 83.7 Å². The number of pyridine rings is 2. The molecule has 6 aromatic heterocycles. The van der Waals surface area contributed by atoms with Crippen LogP contribution in [0.5, 0.6) is 0 Å². The zero-order valence-corrected chi connectivity index (χ0v) is 50.3. The van der Waals surface area contributed by atoms with E-state index in [0.29, 0.717) is 58.2 Å². The molecule has 0 radical (unpaired) electrons. The third-order valence-corrected chi connectivity index (χ3v) is 15.7. The minimum absolute atomic E-state index is 0.267. The summed E-state index contributed by atoms with van der Waals surface area (Å²) in [7, 11) is 3.37. The number of nitrogens with one attached hydrogen (secondary N) is 2. The van der Waals surface area contributed by atoms with Crippen molar-refractivity contribution in [1.29, 1.82) is 10.5 Å². The lowest BCUT2D eigenvalue weighted by Gasteiger charge is -2.32. The van der Waals surface area contributed by atoms with Crippen molar-refractivity contribution in [2.75, 3.05) is 73.0 Å². The van der Waals surface area contributed by atoms with Gasteiger partial charge in [-0.15, -0.1) is 0 Å². The largest absolute Gasteiger partial charge is 0.495 e. The number of hydrogen-bond donors (Lipinski definition) is 2. The number of fused-ring (bicyclic) bond motifs is 2. The third kappa shape index (κ3) is 13.0. The van der Waals surface area contributed by atoms with Crippen molar-refractivity contribution >= 4 is 81.1 Å². The highest BCUT2D eigenvalue weighted by Crippen LogP contribution is 2.37. The predicted molar refractivity (Wildman–Crippen MR) is 325 cm³/mol. The first-order valence-corrected chi connectivity index (χ1v) is 28.1. The second-order valence-electron chi connectivity index (χ2n) is 23.0. The molecule has 9 heterocycles. The Labute approximate surface area is 494 Å². The van der Waals surface area contributed by atoms with Gasteiger partial charge in [-0.1, -0.05) is 17.7 Å². The summed E-state index contributed by atoms with van der Waals surface area (Å²) < 4.78 is 27.0. The minimum Gasteiger partial charge on any atom is -0.399 e. The van der Waals surface area contributed by atoms with Crippen LogP contribution in [0.15, 0.2) is 91.5 Å². The molecule has 0 atom stereocenters. The van der Waals surface area contributed by atoms with Crippen molar-refractivity contribution in [1.82, 2.24) is 44.3 Å². The summed E-state index contributed by atoms with van der Waals surface area (Å²) in [6, 6.07) is 24.3. The number of anilines is 4. The summed E-state index contributed by atoms with van der Waals surface area (Å²) in [5.41, 5.74) is 8.03. The van der Waals surface area contributed by atoms with E-state index in [2.05, 4.69) is 57.6 Å². The Morgan fingerprint density at radius 3 is 1.70 bits per heavy atom. The molecule has 21 nitrogen and oxygen atoms in total. The Morgan fingerprint density at radius 1 is 0.655 bits per heavy atom. The van der Waals surface area contributed by atoms with Crippen LogP contribution in [0.3, 0.4) is 0 Å². The maximum atomic E-state index is 13.1. The van der Waals surface area contributed by atoms with Gasteiger partial charge in [-0.3, -0.25) is 24.2 Å². The van der Waals surface area contributed by atoms with Crippen LogP contribution < -0.4 is 25.9 Å². The highest BCUT2D eigenvalue weighted by molar-refractivity contribution is 6.62. The molecule has 2 amide bonds. The Bertz CT molecular complexity index is 3840. The predicted octanol–water partition coefficient (Wildman–Crippen LogP) is 8.82. The van der Waals surface area contributed by atoms with Crippen LogP contribution >= 0.6 is 11.6 Å². The van der Waals surface area contributed by atoms with Crippen molar-refractivity contribution in [2.24, 2.45) is 14.1 Å². The molecule has 23 heteroatoms. The van der Waals surface area contributed by atoms with Gasteiger partial charge in [-0.25, -0.2) is 15.0 Å². The maximum absolute atomic E-state index is 13.1. The number of carbonyl (C=O) groups is 2. The molecule has 0 unspecified atom stereocenters. The molecule has 11 rings (SSSR count). The highest BCUT2D eigenvalue weighted by atomic mass is 35.5. The van der Waals surface area contributed by atoms with Gasteiger partial charge in [0.2, 0.25) is 5.28 Å². The molecule has 8 aromatic rings. The number of carbonyl (C=O) groups excluding carboxylic acids is 2. The van der Waals surface area contributed by atoms with Crippen LogP contribution in [0.4, 0.5) is 23.0 Å². The van der Waals surface area contributed by atoms with Crippen molar-refractivity contribution in [3.05, 3.63) is 130 Å². The van der Waals surface area contributed by atoms with Crippen molar-refractivity contribution in [3.8, 4) is 23.5 Å².